The Morgan fingerprint density at radius 2 is 1.95 bits per heavy atom. The van der Waals surface area contributed by atoms with E-state index in [1.807, 2.05) is 11.8 Å². The van der Waals surface area contributed by atoms with E-state index in [-0.39, 0.29) is 0 Å². The van der Waals surface area contributed by atoms with Crippen molar-refractivity contribution in [3.8, 4) is 11.4 Å². The van der Waals surface area contributed by atoms with E-state index in [2.05, 4.69) is 64.0 Å². The van der Waals surface area contributed by atoms with Gasteiger partial charge in [0.2, 0.25) is 0 Å². The molecule has 106 valence electrons. The summed E-state index contributed by atoms with van der Waals surface area (Å²) in [5.41, 5.74) is 2.19. The van der Waals surface area contributed by atoms with Crippen LogP contribution in [0.15, 0.2) is 33.6 Å². The van der Waals surface area contributed by atoms with Crippen molar-refractivity contribution in [3.63, 3.8) is 0 Å². The number of nitrogens with one attached hydrogen (secondary N) is 1. The third-order valence-electron chi connectivity index (χ3n) is 2.87. The minimum absolute atomic E-state index is 0.620. The lowest BCUT2D eigenvalue weighted by atomic mass is 10.2. The van der Waals surface area contributed by atoms with Crippen LogP contribution in [0.4, 0.5) is 0 Å². The van der Waals surface area contributed by atoms with Crippen LogP contribution in [0.5, 0.6) is 0 Å². The van der Waals surface area contributed by atoms with Crippen LogP contribution in [-0.2, 0) is 6.42 Å². The molecule has 0 atom stereocenters. The molecule has 1 heterocycles. The van der Waals surface area contributed by atoms with E-state index < -0.39 is 0 Å². The predicted molar refractivity (Wildman–Crippen MR) is 93.0 cm³/mol. The van der Waals surface area contributed by atoms with Gasteiger partial charge in [-0.05, 0) is 40.2 Å². The van der Waals surface area contributed by atoms with Gasteiger partial charge in [-0.15, -0.1) is 11.8 Å². The predicted octanol–water partition coefficient (Wildman–Crippen LogP) is 5.63. The molecule has 0 bridgehead atoms. The van der Waals surface area contributed by atoms with Crippen molar-refractivity contribution in [2.24, 2.45) is 0 Å². The molecule has 0 fully saturated rings. The van der Waals surface area contributed by atoms with Crippen molar-refractivity contribution < 1.29 is 0 Å². The van der Waals surface area contributed by atoms with Gasteiger partial charge in [-0.2, -0.15) is 0 Å². The monoisotopic (exact) mass is 368 g/mol. The zero-order chi connectivity index (χ0) is 14.5. The number of aryl methyl sites for hydroxylation is 1. The van der Waals surface area contributed by atoms with Crippen molar-refractivity contribution in [1.29, 1.82) is 0 Å². The van der Waals surface area contributed by atoms with Crippen LogP contribution in [0, 0.1) is 4.64 Å². The Kier molecular flexibility index (Phi) is 5.81. The SMILES string of the molecule is CCCc1[nH]c(-c2ccc(SCC)cc2)nc(=S)c1Br. The third kappa shape index (κ3) is 3.71. The summed E-state index contributed by atoms with van der Waals surface area (Å²) < 4.78 is 1.53. The molecule has 0 aliphatic rings. The molecular formula is C15H17BrN2S2. The van der Waals surface area contributed by atoms with E-state index in [1.165, 1.54) is 4.90 Å². The molecule has 0 amide bonds. The van der Waals surface area contributed by atoms with Crippen molar-refractivity contribution in [2.75, 3.05) is 5.75 Å². The third-order valence-corrected chi connectivity index (χ3v) is 5.18. The first-order valence-corrected chi connectivity index (χ1v) is 8.86. The number of hydrogen-bond acceptors (Lipinski definition) is 3. The van der Waals surface area contributed by atoms with Gasteiger partial charge in [0, 0.05) is 16.2 Å². The van der Waals surface area contributed by atoms with Crippen molar-refractivity contribution in [1.82, 2.24) is 9.97 Å². The maximum absolute atomic E-state index is 5.33. The summed E-state index contributed by atoms with van der Waals surface area (Å²) in [5, 5.41) is 0. The van der Waals surface area contributed by atoms with Crippen molar-refractivity contribution in [3.05, 3.63) is 39.1 Å². The van der Waals surface area contributed by atoms with Gasteiger partial charge in [0.25, 0.3) is 0 Å². The molecule has 2 rings (SSSR count). The fraction of sp³-hybridized carbons (Fsp3) is 0.333. The highest BCUT2D eigenvalue weighted by Gasteiger charge is 2.07. The summed E-state index contributed by atoms with van der Waals surface area (Å²) in [5.74, 6) is 1.92. The fourth-order valence-electron chi connectivity index (χ4n) is 1.94. The average Bonchev–Trinajstić information content (AvgIpc) is 2.45. The van der Waals surface area contributed by atoms with Gasteiger partial charge < -0.3 is 4.98 Å². The normalized spacial score (nSPS) is 10.8. The van der Waals surface area contributed by atoms with E-state index in [0.717, 1.165) is 40.1 Å². The topological polar surface area (TPSA) is 28.7 Å². The summed E-state index contributed by atoms with van der Waals surface area (Å²) in [4.78, 5) is 9.14. The maximum Gasteiger partial charge on any atom is 0.144 e. The van der Waals surface area contributed by atoms with Crippen LogP contribution in [0.1, 0.15) is 26.0 Å². The number of thioether (sulfide) groups is 1. The van der Waals surface area contributed by atoms with Crippen molar-refractivity contribution >= 4 is 39.9 Å². The Labute approximate surface area is 137 Å². The van der Waals surface area contributed by atoms with E-state index in [1.54, 1.807) is 0 Å². The second kappa shape index (κ2) is 7.38. The molecule has 0 saturated heterocycles. The maximum atomic E-state index is 5.33. The molecular weight excluding hydrogens is 352 g/mol. The van der Waals surface area contributed by atoms with Crippen LogP contribution in [-0.4, -0.2) is 15.7 Å². The Morgan fingerprint density at radius 3 is 2.55 bits per heavy atom. The molecule has 1 aromatic heterocycles. The second-order valence-electron chi connectivity index (χ2n) is 4.39. The fourth-order valence-corrected chi connectivity index (χ4v) is 3.20. The Balaban J connectivity index is 2.39. The van der Waals surface area contributed by atoms with Gasteiger partial charge in [0.05, 0.1) is 4.47 Å². The minimum Gasteiger partial charge on any atom is -0.342 e. The summed E-state index contributed by atoms with van der Waals surface area (Å²) in [6, 6.07) is 8.44. The lowest BCUT2D eigenvalue weighted by Gasteiger charge is -2.08. The zero-order valence-corrected chi connectivity index (χ0v) is 14.8. The average molecular weight is 369 g/mol. The number of benzene rings is 1. The lowest BCUT2D eigenvalue weighted by Crippen LogP contribution is -1.98. The van der Waals surface area contributed by atoms with Crippen LogP contribution in [0.25, 0.3) is 11.4 Å². The highest BCUT2D eigenvalue weighted by molar-refractivity contribution is 9.10. The highest BCUT2D eigenvalue weighted by Crippen LogP contribution is 2.24. The second-order valence-corrected chi connectivity index (χ2v) is 6.91. The minimum atomic E-state index is 0.620. The molecule has 0 saturated carbocycles. The number of aromatic nitrogens is 2. The van der Waals surface area contributed by atoms with Gasteiger partial charge >= 0.3 is 0 Å². The number of nitrogens with zero attached hydrogens (tertiary/aromatic N) is 1. The van der Waals surface area contributed by atoms with Gasteiger partial charge in [-0.3, -0.25) is 0 Å². The molecule has 0 aliphatic carbocycles. The van der Waals surface area contributed by atoms with Gasteiger partial charge in [-0.1, -0.05) is 44.6 Å². The Bertz CT molecular complexity index is 635. The quantitative estimate of drug-likeness (QED) is 0.547. The molecule has 0 radical (unpaired) electrons. The van der Waals surface area contributed by atoms with E-state index >= 15 is 0 Å². The summed E-state index contributed by atoms with van der Waals surface area (Å²) in [6.45, 7) is 4.31. The molecule has 2 aromatic rings. The summed E-state index contributed by atoms with van der Waals surface area (Å²) in [6.07, 6.45) is 2.03. The zero-order valence-electron chi connectivity index (χ0n) is 11.6. The number of H-pyrrole nitrogens is 1. The molecule has 0 unspecified atom stereocenters. The lowest BCUT2D eigenvalue weighted by molar-refractivity contribution is 0.865. The van der Waals surface area contributed by atoms with Crippen LogP contribution in [0.3, 0.4) is 0 Å². The summed E-state index contributed by atoms with van der Waals surface area (Å²) >= 11 is 10.7. The molecule has 0 aliphatic heterocycles. The Hall–Kier alpha value is -0.650. The molecule has 1 aromatic carbocycles. The van der Waals surface area contributed by atoms with Crippen LogP contribution < -0.4 is 0 Å². The number of halogens is 1. The van der Waals surface area contributed by atoms with E-state index in [0.29, 0.717) is 4.64 Å². The number of rotatable bonds is 5. The molecule has 1 N–H and O–H groups in total. The van der Waals surface area contributed by atoms with Gasteiger partial charge in [-0.25, -0.2) is 4.98 Å². The first kappa shape index (κ1) is 15.7. The Morgan fingerprint density at radius 1 is 1.25 bits per heavy atom. The van der Waals surface area contributed by atoms with Gasteiger partial charge in [0.1, 0.15) is 10.5 Å². The number of hydrogen-bond donors (Lipinski definition) is 1. The highest BCUT2D eigenvalue weighted by atomic mass is 79.9. The first-order chi connectivity index (χ1) is 9.65. The van der Waals surface area contributed by atoms with Crippen LogP contribution in [0.2, 0.25) is 0 Å². The molecule has 0 spiro atoms. The smallest absolute Gasteiger partial charge is 0.144 e. The molecule has 2 nitrogen and oxygen atoms in total. The van der Waals surface area contributed by atoms with Crippen molar-refractivity contribution in [2.45, 2.75) is 31.6 Å². The van der Waals surface area contributed by atoms with E-state index in [4.69, 9.17) is 12.2 Å². The van der Waals surface area contributed by atoms with E-state index in [9.17, 15) is 0 Å². The standard InChI is InChI=1S/C15H17BrN2S2/c1-3-5-12-13(16)15(19)18-14(17-12)10-6-8-11(9-7-10)20-4-2/h6-9H,3-5H2,1-2H3,(H,17,18,19). The first-order valence-electron chi connectivity index (χ1n) is 6.67. The largest absolute Gasteiger partial charge is 0.342 e. The molecule has 5 heteroatoms. The molecule has 20 heavy (non-hydrogen) atoms. The number of aromatic amines is 1. The van der Waals surface area contributed by atoms with Crippen LogP contribution >= 0.6 is 39.9 Å². The van der Waals surface area contributed by atoms with Gasteiger partial charge in [0.15, 0.2) is 0 Å². The summed E-state index contributed by atoms with van der Waals surface area (Å²) in [7, 11) is 0.